The standard InChI is InChI=1S/C26H34FN5O3S/c1-26(2,3)28-25(34)31(11-10-30-12-14-35-15-13-30)18-24(33)32-22(19-7-4-5-8-20(19)27)17-21(29-32)23-9-6-16-36-23/h4-9,16,22H,10-15,17-18H2,1-3H3,(H,28,34)/t22-/m0/s1. The van der Waals surface area contributed by atoms with Gasteiger partial charge in [0, 0.05) is 43.7 Å². The van der Waals surface area contributed by atoms with Crippen molar-refractivity contribution in [2.75, 3.05) is 45.9 Å². The van der Waals surface area contributed by atoms with E-state index in [4.69, 9.17) is 4.74 Å². The van der Waals surface area contributed by atoms with Crippen molar-refractivity contribution in [2.24, 2.45) is 5.10 Å². The van der Waals surface area contributed by atoms with E-state index in [2.05, 4.69) is 15.3 Å². The first kappa shape index (κ1) is 26.2. The molecule has 2 aliphatic rings. The highest BCUT2D eigenvalue weighted by Crippen LogP contribution is 2.35. The summed E-state index contributed by atoms with van der Waals surface area (Å²) in [5, 5.41) is 10.9. The minimum absolute atomic E-state index is 0.154. The first-order chi connectivity index (χ1) is 17.2. The highest BCUT2D eigenvalue weighted by Gasteiger charge is 2.36. The minimum atomic E-state index is -0.567. The first-order valence-electron chi connectivity index (χ1n) is 12.3. The lowest BCUT2D eigenvalue weighted by Gasteiger charge is -2.32. The van der Waals surface area contributed by atoms with Gasteiger partial charge in [-0.2, -0.15) is 5.10 Å². The maximum atomic E-state index is 14.8. The van der Waals surface area contributed by atoms with Crippen LogP contribution in [0.5, 0.6) is 0 Å². The number of amides is 3. The Labute approximate surface area is 215 Å². The van der Waals surface area contributed by atoms with Crippen LogP contribution in [-0.4, -0.2) is 83.9 Å². The number of halogens is 1. The fourth-order valence-corrected chi connectivity index (χ4v) is 5.02. The zero-order valence-corrected chi connectivity index (χ0v) is 21.9. The molecule has 1 atom stereocenters. The molecule has 3 heterocycles. The lowest BCUT2D eigenvalue weighted by atomic mass is 10.0. The Morgan fingerprint density at radius 1 is 1.19 bits per heavy atom. The van der Waals surface area contributed by atoms with Gasteiger partial charge in [0.1, 0.15) is 12.4 Å². The number of urea groups is 1. The van der Waals surface area contributed by atoms with Crippen molar-refractivity contribution < 1.29 is 18.7 Å². The van der Waals surface area contributed by atoms with Crippen molar-refractivity contribution in [2.45, 2.75) is 38.8 Å². The molecule has 0 spiro atoms. The third kappa shape index (κ3) is 6.68. The highest BCUT2D eigenvalue weighted by atomic mass is 32.1. The molecule has 2 aromatic rings. The van der Waals surface area contributed by atoms with E-state index in [1.807, 2.05) is 38.3 Å². The Hall–Kier alpha value is -2.82. The number of hydrogen-bond acceptors (Lipinski definition) is 6. The van der Waals surface area contributed by atoms with Crippen LogP contribution in [-0.2, 0) is 9.53 Å². The van der Waals surface area contributed by atoms with Gasteiger partial charge in [0.15, 0.2) is 0 Å². The highest BCUT2D eigenvalue weighted by molar-refractivity contribution is 7.12. The lowest BCUT2D eigenvalue weighted by Crippen LogP contribution is -2.53. The van der Waals surface area contributed by atoms with E-state index < -0.39 is 11.6 Å². The smallest absolute Gasteiger partial charge is 0.318 e. The summed E-state index contributed by atoms with van der Waals surface area (Å²) in [6, 6.07) is 9.47. The van der Waals surface area contributed by atoms with Gasteiger partial charge in [0.2, 0.25) is 0 Å². The van der Waals surface area contributed by atoms with Gasteiger partial charge in [-0.1, -0.05) is 24.3 Å². The number of hydrazone groups is 1. The Morgan fingerprint density at radius 3 is 2.61 bits per heavy atom. The van der Waals surface area contributed by atoms with E-state index in [1.54, 1.807) is 18.2 Å². The van der Waals surface area contributed by atoms with Crippen LogP contribution >= 0.6 is 11.3 Å². The fourth-order valence-electron chi connectivity index (χ4n) is 4.29. The van der Waals surface area contributed by atoms with Crippen molar-refractivity contribution >= 4 is 29.0 Å². The molecule has 0 aliphatic carbocycles. The zero-order chi connectivity index (χ0) is 25.7. The van der Waals surface area contributed by atoms with Gasteiger partial charge in [-0.3, -0.25) is 9.69 Å². The second-order valence-corrected chi connectivity index (χ2v) is 11.0. The molecule has 0 radical (unpaired) electrons. The zero-order valence-electron chi connectivity index (χ0n) is 21.1. The summed E-state index contributed by atoms with van der Waals surface area (Å²) in [4.78, 5) is 31.5. The molecule has 1 N–H and O–H groups in total. The summed E-state index contributed by atoms with van der Waals surface area (Å²) >= 11 is 1.53. The summed E-state index contributed by atoms with van der Waals surface area (Å²) in [6.07, 6.45) is 0.412. The second kappa shape index (κ2) is 11.5. The Balaban J connectivity index is 1.55. The minimum Gasteiger partial charge on any atom is -0.379 e. The molecule has 10 heteroatoms. The molecule has 1 aromatic heterocycles. The van der Waals surface area contributed by atoms with Gasteiger partial charge in [0.25, 0.3) is 5.91 Å². The predicted octanol–water partition coefficient (Wildman–Crippen LogP) is 3.71. The van der Waals surface area contributed by atoms with Gasteiger partial charge in [-0.25, -0.2) is 14.2 Å². The second-order valence-electron chi connectivity index (χ2n) is 10.1. The maximum Gasteiger partial charge on any atom is 0.318 e. The van der Waals surface area contributed by atoms with E-state index in [1.165, 1.54) is 27.3 Å². The topological polar surface area (TPSA) is 77.5 Å². The van der Waals surface area contributed by atoms with E-state index in [9.17, 15) is 14.0 Å². The number of carbonyl (C=O) groups excluding carboxylic acids is 2. The molecule has 2 aliphatic heterocycles. The molecule has 0 unspecified atom stereocenters. The Bertz CT molecular complexity index is 1080. The number of ether oxygens (including phenoxy) is 1. The normalized spacial score (nSPS) is 18.7. The van der Waals surface area contributed by atoms with E-state index in [-0.39, 0.29) is 24.3 Å². The van der Waals surface area contributed by atoms with Crippen LogP contribution in [0.2, 0.25) is 0 Å². The van der Waals surface area contributed by atoms with Crippen molar-refractivity contribution in [1.82, 2.24) is 20.1 Å². The van der Waals surface area contributed by atoms with Crippen LogP contribution in [0.1, 0.15) is 43.7 Å². The summed E-state index contributed by atoms with van der Waals surface area (Å²) < 4.78 is 20.2. The molecule has 0 saturated carbocycles. The third-order valence-electron chi connectivity index (χ3n) is 6.12. The number of carbonyl (C=O) groups is 2. The van der Waals surface area contributed by atoms with Crippen LogP contribution in [0, 0.1) is 5.82 Å². The number of nitrogens with one attached hydrogen (secondary N) is 1. The molecule has 194 valence electrons. The third-order valence-corrected chi connectivity index (χ3v) is 7.04. The van der Waals surface area contributed by atoms with Crippen LogP contribution < -0.4 is 5.32 Å². The number of nitrogens with zero attached hydrogens (tertiary/aromatic N) is 4. The van der Waals surface area contributed by atoms with Crippen molar-refractivity contribution in [1.29, 1.82) is 0 Å². The van der Waals surface area contributed by atoms with Crippen molar-refractivity contribution in [3.05, 3.63) is 58.0 Å². The molecule has 8 nitrogen and oxygen atoms in total. The van der Waals surface area contributed by atoms with E-state index in [0.717, 1.165) is 23.7 Å². The average molecular weight is 516 g/mol. The first-order valence-corrected chi connectivity index (χ1v) is 13.1. The number of benzene rings is 1. The summed E-state index contributed by atoms with van der Waals surface area (Å²) in [6.45, 7) is 9.46. The maximum absolute atomic E-state index is 14.8. The van der Waals surface area contributed by atoms with Crippen molar-refractivity contribution in [3.8, 4) is 0 Å². The van der Waals surface area contributed by atoms with Gasteiger partial charge in [-0.05, 0) is 38.3 Å². The molecular weight excluding hydrogens is 481 g/mol. The molecule has 1 saturated heterocycles. The van der Waals surface area contributed by atoms with Crippen LogP contribution in [0.15, 0.2) is 46.9 Å². The Kier molecular flexibility index (Phi) is 8.38. The largest absolute Gasteiger partial charge is 0.379 e. The fraction of sp³-hybridized carbons (Fsp3) is 0.500. The van der Waals surface area contributed by atoms with Gasteiger partial charge >= 0.3 is 6.03 Å². The average Bonchev–Trinajstić information content (AvgIpc) is 3.52. The number of hydrogen-bond donors (Lipinski definition) is 1. The van der Waals surface area contributed by atoms with Crippen LogP contribution in [0.4, 0.5) is 9.18 Å². The van der Waals surface area contributed by atoms with Gasteiger partial charge in [0.05, 0.1) is 29.8 Å². The van der Waals surface area contributed by atoms with Crippen LogP contribution in [0.25, 0.3) is 0 Å². The van der Waals surface area contributed by atoms with E-state index in [0.29, 0.717) is 38.3 Å². The molecule has 1 fully saturated rings. The number of morpholine rings is 1. The van der Waals surface area contributed by atoms with Gasteiger partial charge in [-0.15, -0.1) is 11.3 Å². The van der Waals surface area contributed by atoms with Crippen LogP contribution in [0.3, 0.4) is 0 Å². The Morgan fingerprint density at radius 2 is 1.94 bits per heavy atom. The predicted molar refractivity (Wildman–Crippen MR) is 139 cm³/mol. The molecule has 36 heavy (non-hydrogen) atoms. The van der Waals surface area contributed by atoms with Gasteiger partial charge < -0.3 is 15.0 Å². The quantitative estimate of drug-likeness (QED) is 0.610. The van der Waals surface area contributed by atoms with E-state index >= 15 is 0 Å². The monoisotopic (exact) mass is 515 g/mol. The molecule has 0 bridgehead atoms. The molecule has 3 amide bonds. The summed E-state index contributed by atoms with van der Waals surface area (Å²) in [5.74, 6) is -0.724. The number of rotatable bonds is 7. The summed E-state index contributed by atoms with van der Waals surface area (Å²) in [5.41, 5.74) is 0.705. The molecule has 4 rings (SSSR count). The summed E-state index contributed by atoms with van der Waals surface area (Å²) in [7, 11) is 0. The SMILES string of the molecule is CC(C)(C)NC(=O)N(CCN1CCOCC1)CC(=O)N1N=C(c2cccs2)C[C@H]1c1ccccc1F. The number of thiophene rings is 1. The lowest BCUT2D eigenvalue weighted by molar-refractivity contribution is -0.133. The molecular formula is C26H34FN5O3S. The van der Waals surface area contributed by atoms with Crippen molar-refractivity contribution in [3.63, 3.8) is 0 Å². The molecule has 1 aromatic carbocycles.